The zero-order valence-corrected chi connectivity index (χ0v) is 12.2. The number of fused-ring (bicyclic) bond motifs is 1. The average molecular weight is 295 g/mol. The molecule has 1 heterocycles. The van der Waals surface area contributed by atoms with Gasteiger partial charge >= 0.3 is 0 Å². The molecule has 0 aliphatic carbocycles. The Bertz CT molecular complexity index is 450. The van der Waals surface area contributed by atoms with Crippen molar-refractivity contribution in [2.75, 3.05) is 19.8 Å². The van der Waals surface area contributed by atoms with E-state index in [-0.39, 0.29) is 18.5 Å². The second kappa shape index (κ2) is 8.45. The molecule has 0 saturated carbocycles. The summed E-state index contributed by atoms with van der Waals surface area (Å²) in [6, 6.07) is 6.62. The number of hydrogen-bond acceptors (Lipinski definition) is 7. The fourth-order valence-corrected chi connectivity index (χ4v) is 1.84. The Kier molecular flexibility index (Phi) is 6.92. The highest BCUT2D eigenvalue weighted by Gasteiger charge is 2.34. The molecule has 0 saturated heterocycles. The lowest BCUT2D eigenvalue weighted by atomic mass is 10.1. The third-order valence-corrected chi connectivity index (χ3v) is 3.03. The number of nitrogens with one attached hydrogen (secondary N) is 1. The Labute approximate surface area is 123 Å². The number of rotatable bonds is 5. The zero-order valence-electron chi connectivity index (χ0n) is 12.2. The molecule has 2 amide bonds. The standard InChI is InChI=1S/C9H8N2O3.C4H13N3/c10-14-5-11-8(12)6-3-1-2-4-7(6)9(11)13;1-3-7(4-2)6-5/h1-4H,5,10H2;6H,3-5H2,1-2H3. The van der Waals surface area contributed by atoms with Crippen LogP contribution in [0.25, 0.3) is 0 Å². The number of nitrogens with zero attached hydrogens (tertiary/aromatic N) is 2. The van der Waals surface area contributed by atoms with Crippen LogP contribution in [0.2, 0.25) is 0 Å². The molecule has 0 bridgehead atoms. The van der Waals surface area contributed by atoms with Crippen LogP contribution in [-0.2, 0) is 4.84 Å². The summed E-state index contributed by atoms with van der Waals surface area (Å²) in [5.74, 6) is 9.16. The SMILES string of the molecule is CCN(CC)NN.NOCN1C(=O)c2ccccc2C1=O. The second-order valence-corrected chi connectivity index (χ2v) is 4.18. The van der Waals surface area contributed by atoms with Crippen molar-refractivity contribution in [3.05, 3.63) is 35.4 Å². The largest absolute Gasteiger partial charge is 0.282 e. The quantitative estimate of drug-likeness (QED) is 0.393. The number of benzene rings is 1. The molecule has 0 aromatic heterocycles. The van der Waals surface area contributed by atoms with Crippen molar-refractivity contribution in [2.24, 2.45) is 11.7 Å². The summed E-state index contributed by atoms with van der Waals surface area (Å²) in [6.45, 7) is 5.78. The number of carbonyl (C=O) groups excluding carboxylic acids is 2. The van der Waals surface area contributed by atoms with Gasteiger partial charge in [-0.25, -0.2) is 15.8 Å². The van der Waals surface area contributed by atoms with Crippen LogP contribution in [0.3, 0.4) is 0 Å². The van der Waals surface area contributed by atoms with Gasteiger partial charge in [-0.2, -0.15) is 5.53 Å². The van der Waals surface area contributed by atoms with E-state index in [1.807, 2.05) is 18.9 Å². The molecule has 0 radical (unpaired) electrons. The summed E-state index contributed by atoms with van der Waals surface area (Å²) < 4.78 is 0. The summed E-state index contributed by atoms with van der Waals surface area (Å²) >= 11 is 0. The number of imide groups is 1. The van der Waals surface area contributed by atoms with E-state index in [1.54, 1.807) is 24.3 Å². The Balaban J connectivity index is 0.000000270. The van der Waals surface area contributed by atoms with Crippen LogP contribution in [0.4, 0.5) is 0 Å². The first-order valence-electron chi connectivity index (χ1n) is 6.58. The molecule has 5 N–H and O–H groups in total. The molecule has 8 heteroatoms. The number of carbonyl (C=O) groups is 2. The molecule has 1 aliphatic heterocycles. The Morgan fingerprint density at radius 2 is 1.62 bits per heavy atom. The monoisotopic (exact) mass is 295 g/mol. The van der Waals surface area contributed by atoms with Crippen molar-refractivity contribution >= 4 is 11.8 Å². The van der Waals surface area contributed by atoms with Crippen molar-refractivity contribution < 1.29 is 14.4 Å². The Morgan fingerprint density at radius 3 is 1.90 bits per heavy atom. The van der Waals surface area contributed by atoms with Crippen LogP contribution in [0.15, 0.2) is 24.3 Å². The van der Waals surface area contributed by atoms with Gasteiger partial charge in [0, 0.05) is 13.1 Å². The molecule has 0 spiro atoms. The fourth-order valence-electron chi connectivity index (χ4n) is 1.84. The smallest absolute Gasteiger partial charge is 0.263 e. The molecule has 0 fully saturated rings. The highest BCUT2D eigenvalue weighted by Crippen LogP contribution is 2.21. The van der Waals surface area contributed by atoms with Crippen LogP contribution >= 0.6 is 0 Å². The number of amides is 2. The second-order valence-electron chi connectivity index (χ2n) is 4.18. The molecule has 8 nitrogen and oxygen atoms in total. The molecule has 116 valence electrons. The Morgan fingerprint density at radius 1 is 1.14 bits per heavy atom. The first-order chi connectivity index (χ1) is 10.1. The van der Waals surface area contributed by atoms with Gasteiger partial charge in [0.15, 0.2) is 0 Å². The molecule has 0 unspecified atom stereocenters. The van der Waals surface area contributed by atoms with E-state index in [0.717, 1.165) is 18.0 Å². The first kappa shape index (κ1) is 17.2. The normalized spacial score (nSPS) is 13.3. The number of nitrogens with two attached hydrogens (primary N) is 2. The summed E-state index contributed by atoms with van der Waals surface area (Å²) in [4.78, 5) is 28.4. The minimum atomic E-state index is -0.365. The van der Waals surface area contributed by atoms with Gasteiger partial charge in [0.1, 0.15) is 6.73 Å². The van der Waals surface area contributed by atoms with Gasteiger partial charge in [-0.1, -0.05) is 26.0 Å². The van der Waals surface area contributed by atoms with E-state index >= 15 is 0 Å². The van der Waals surface area contributed by atoms with Gasteiger partial charge in [-0.3, -0.25) is 20.3 Å². The van der Waals surface area contributed by atoms with Gasteiger partial charge in [-0.05, 0) is 12.1 Å². The summed E-state index contributed by atoms with van der Waals surface area (Å²) in [6.07, 6.45) is 0. The predicted molar refractivity (Wildman–Crippen MR) is 77.3 cm³/mol. The lowest BCUT2D eigenvalue weighted by molar-refractivity contribution is 0.0253. The van der Waals surface area contributed by atoms with E-state index in [2.05, 4.69) is 10.4 Å². The highest BCUT2D eigenvalue weighted by molar-refractivity contribution is 6.21. The van der Waals surface area contributed by atoms with Gasteiger partial charge in [0.2, 0.25) is 0 Å². The molecule has 21 heavy (non-hydrogen) atoms. The lowest BCUT2D eigenvalue weighted by Crippen LogP contribution is -2.42. The minimum absolute atomic E-state index is 0.216. The zero-order chi connectivity index (χ0) is 15.8. The van der Waals surface area contributed by atoms with Crippen molar-refractivity contribution in [1.82, 2.24) is 15.4 Å². The first-order valence-corrected chi connectivity index (χ1v) is 6.58. The molecule has 1 aromatic rings. The van der Waals surface area contributed by atoms with Crippen molar-refractivity contribution in [3.63, 3.8) is 0 Å². The van der Waals surface area contributed by atoms with Gasteiger partial charge < -0.3 is 0 Å². The summed E-state index contributed by atoms with van der Waals surface area (Å²) in [5.41, 5.74) is 3.33. The van der Waals surface area contributed by atoms with Crippen LogP contribution < -0.4 is 17.3 Å². The van der Waals surface area contributed by atoms with E-state index < -0.39 is 0 Å². The summed E-state index contributed by atoms with van der Waals surface area (Å²) in [5, 5.41) is 1.90. The molecular weight excluding hydrogens is 274 g/mol. The maximum absolute atomic E-state index is 11.6. The number of hydrogen-bond donors (Lipinski definition) is 3. The summed E-state index contributed by atoms with van der Waals surface area (Å²) in [7, 11) is 0. The average Bonchev–Trinajstić information content (AvgIpc) is 2.76. The molecule has 1 aromatic carbocycles. The maximum Gasteiger partial charge on any atom is 0.263 e. The molecule has 0 atom stereocenters. The third-order valence-electron chi connectivity index (χ3n) is 3.03. The molecule has 2 rings (SSSR count). The van der Waals surface area contributed by atoms with Crippen molar-refractivity contribution in [1.29, 1.82) is 0 Å². The fraction of sp³-hybridized carbons (Fsp3) is 0.385. The minimum Gasteiger partial charge on any atom is -0.282 e. The van der Waals surface area contributed by atoms with Crippen molar-refractivity contribution in [3.8, 4) is 0 Å². The Hall–Kier alpha value is -1.84. The van der Waals surface area contributed by atoms with Gasteiger partial charge in [0.05, 0.1) is 11.1 Å². The maximum atomic E-state index is 11.6. The lowest BCUT2D eigenvalue weighted by Gasteiger charge is -2.14. The van der Waals surface area contributed by atoms with Crippen LogP contribution in [-0.4, -0.2) is 41.5 Å². The molecular formula is C13H21N5O3. The van der Waals surface area contributed by atoms with E-state index in [1.165, 1.54) is 0 Å². The van der Waals surface area contributed by atoms with Crippen LogP contribution in [0.1, 0.15) is 34.6 Å². The van der Waals surface area contributed by atoms with E-state index in [0.29, 0.717) is 11.1 Å². The van der Waals surface area contributed by atoms with Crippen LogP contribution in [0.5, 0.6) is 0 Å². The van der Waals surface area contributed by atoms with Gasteiger partial charge in [0.25, 0.3) is 11.8 Å². The topological polar surface area (TPSA) is 114 Å². The molecule has 1 aliphatic rings. The van der Waals surface area contributed by atoms with Crippen molar-refractivity contribution in [2.45, 2.75) is 13.8 Å². The number of hydrazine groups is 2. The van der Waals surface area contributed by atoms with Gasteiger partial charge in [-0.15, -0.1) is 0 Å². The predicted octanol–water partition coefficient (Wildman–Crippen LogP) is -0.163. The van der Waals surface area contributed by atoms with Crippen LogP contribution in [0, 0.1) is 0 Å². The third kappa shape index (κ3) is 4.06. The van der Waals surface area contributed by atoms with E-state index in [9.17, 15) is 9.59 Å². The highest BCUT2D eigenvalue weighted by atomic mass is 16.6. The van der Waals surface area contributed by atoms with E-state index in [4.69, 9.17) is 11.7 Å².